The Morgan fingerprint density at radius 2 is 1.43 bits per heavy atom. The topological polar surface area (TPSA) is 108 Å². The van der Waals surface area contributed by atoms with E-state index in [0.29, 0.717) is 11.5 Å². The summed E-state index contributed by atoms with van der Waals surface area (Å²) in [5.74, 6) is -5.51. The van der Waals surface area contributed by atoms with Gasteiger partial charge < -0.3 is 25.0 Å². The van der Waals surface area contributed by atoms with E-state index in [1.54, 1.807) is 0 Å². The van der Waals surface area contributed by atoms with Crippen molar-refractivity contribution in [2.24, 2.45) is 5.41 Å². The molecule has 0 aromatic heterocycles. The zero-order valence-corrected chi connectivity index (χ0v) is 15.9. The third-order valence-corrected chi connectivity index (χ3v) is 4.67. The minimum absolute atomic E-state index is 0.545. The van der Waals surface area contributed by atoms with Gasteiger partial charge in [0.05, 0.1) is 25.9 Å². The molecular weight excluding hydrogens is 430 g/mol. The molecule has 0 radical (unpaired) electrons. The molecule has 0 atom stereocenters. The number of carboxylic acid groups (broad SMARTS) is 2. The standard InChI is InChI=1S/C12H22N2O2.2C2HF3O2/c1-4-15-5-2-14(1)3-6-16-11-7-12(8-11)9-13-10-12;2*3-2(4,5)1(6)7/h11,13H,1-10H2;2*(H,6,7). The number of carbonyl (C=O) groups is 2. The Hall–Kier alpha value is -1.64. The molecular formula is C16H24F6N2O6. The summed E-state index contributed by atoms with van der Waals surface area (Å²) >= 11 is 0. The molecule has 1 spiro atoms. The van der Waals surface area contributed by atoms with Crippen molar-refractivity contribution in [1.29, 1.82) is 0 Å². The predicted molar refractivity (Wildman–Crippen MR) is 88.9 cm³/mol. The van der Waals surface area contributed by atoms with E-state index in [9.17, 15) is 26.3 Å². The van der Waals surface area contributed by atoms with Gasteiger partial charge in [0.2, 0.25) is 0 Å². The van der Waals surface area contributed by atoms with Crippen molar-refractivity contribution in [3.63, 3.8) is 0 Å². The molecule has 0 aromatic rings. The second kappa shape index (κ2) is 11.1. The predicted octanol–water partition coefficient (Wildman–Crippen LogP) is 1.35. The van der Waals surface area contributed by atoms with Crippen LogP contribution in [0.1, 0.15) is 12.8 Å². The van der Waals surface area contributed by atoms with Gasteiger partial charge in [-0.15, -0.1) is 0 Å². The minimum Gasteiger partial charge on any atom is -0.475 e. The first-order valence-corrected chi connectivity index (χ1v) is 8.98. The lowest BCUT2D eigenvalue weighted by molar-refractivity contribution is -0.193. The summed E-state index contributed by atoms with van der Waals surface area (Å²) in [7, 11) is 0. The lowest BCUT2D eigenvalue weighted by Gasteiger charge is -2.54. The molecule has 0 amide bonds. The Bertz CT molecular complexity index is 529. The van der Waals surface area contributed by atoms with E-state index >= 15 is 0 Å². The average molecular weight is 454 g/mol. The van der Waals surface area contributed by atoms with Gasteiger partial charge in [0.1, 0.15) is 0 Å². The van der Waals surface area contributed by atoms with Gasteiger partial charge in [0.15, 0.2) is 0 Å². The number of nitrogens with one attached hydrogen (secondary N) is 1. The van der Waals surface area contributed by atoms with E-state index in [0.717, 1.165) is 39.5 Å². The third-order valence-electron chi connectivity index (χ3n) is 4.67. The van der Waals surface area contributed by atoms with Crippen LogP contribution in [-0.2, 0) is 19.1 Å². The summed E-state index contributed by atoms with van der Waals surface area (Å²) in [6.07, 6.45) is -7.06. The van der Waals surface area contributed by atoms with E-state index in [2.05, 4.69) is 10.2 Å². The molecule has 0 unspecified atom stereocenters. The fourth-order valence-electron chi connectivity index (χ4n) is 2.96. The van der Waals surface area contributed by atoms with Crippen LogP contribution in [0.3, 0.4) is 0 Å². The molecule has 0 aromatic carbocycles. The normalized spacial score (nSPS) is 21.3. The highest BCUT2D eigenvalue weighted by atomic mass is 19.4. The lowest BCUT2D eigenvalue weighted by atomic mass is 9.63. The highest BCUT2D eigenvalue weighted by Gasteiger charge is 2.48. The van der Waals surface area contributed by atoms with Gasteiger partial charge in [0, 0.05) is 38.1 Å². The lowest BCUT2D eigenvalue weighted by Crippen LogP contribution is -2.62. The Morgan fingerprint density at radius 1 is 1.00 bits per heavy atom. The zero-order valence-electron chi connectivity index (χ0n) is 15.9. The smallest absolute Gasteiger partial charge is 0.475 e. The average Bonchev–Trinajstić information content (AvgIpc) is 2.55. The van der Waals surface area contributed by atoms with Crippen molar-refractivity contribution in [1.82, 2.24) is 10.2 Å². The number of halogens is 6. The number of alkyl halides is 6. The molecule has 2 heterocycles. The summed E-state index contributed by atoms with van der Waals surface area (Å²) in [4.78, 5) is 20.2. The molecule has 2 saturated heterocycles. The summed E-state index contributed by atoms with van der Waals surface area (Å²) in [5, 5.41) is 17.6. The first kappa shape index (κ1) is 26.4. The van der Waals surface area contributed by atoms with E-state index in [1.807, 2.05) is 0 Å². The summed E-state index contributed by atoms with van der Waals surface area (Å²) in [6.45, 7) is 8.33. The monoisotopic (exact) mass is 454 g/mol. The van der Waals surface area contributed by atoms with Crippen LogP contribution in [0.25, 0.3) is 0 Å². The second-order valence-electron chi connectivity index (χ2n) is 7.06. The largest absolute Gasteiger partial charge is 0.490 e. The van der Waals surface area contributed by atoms with Crippen LogP contribution in [0.5, 0.6) is 0 Å². The highest BCUT2D eigenvalue weighted by molar-refractivity contribution is 5.73. The van der Waals surface area contributed by atoms with Crippen molar-refractivity contribution in [3.8, 4) is 0 Å². The number of nitrogens with zero attached hydrogens (tertiary/aromatic N) is 1. The van der Waals surface area contributed by atoms with E-state index in [1.165, 1.54) is 25.9 Å². The SMILES string of the molecule is C1CN(CCOC2CC3(CNC3)C2)CCO1.O=C(O)C(F)(F)F.O=C(O)C(F)(F)F. The minimum atomic E-state index is -5.08. The number of rotatable bonds is 4. The molecule has 2 aliphatic heterocycles. The van der Waals surface area contributed by atoms with Gasteiger partial charge in [-0.2, -0.15) is 26.3 Å². The highest BCUT2D eigenvalue weighted by Crippen LogP contribution is 2.45. The summed E-state index contributed by atoms with van der Waals surface area (Å²) < 4.78 is 74.7. The Morgan fingerprint density at radius 3 is 1.77 bits per heavy atom. The fourth-order valence-corrected chi connectivity index (χ4v) is 2.96. The fraction of sp³-hybridized carbons (Fsp3) is 0.875. The zero-order chi connectivity index (χ0) is 23.0. The maximum Gasteiger partial charge on any atom is 0.490 e. The van der Waals surface area contributed by atoms with Crippen LogP contribution >= 0.6 is 0 Å². The third kappa shape index (κ3) is 9.45. The van der Waals surface area contributed by atoms with Crippen LogP contribution in [0.2, 0.25) is 0 Å². The number of aliphatic carboxylic acids is 2. The van der Waals surface area contributed by atoms with Crippen LogP contribution in [0.15, 0.2) is 0 Å². The van der Waals surface area contributed by atoms with Gasteiger partial charge in [-0.1, -0.05) is 0 Å². The Balaban J connectivity index is 0.000000271. The van der Waals surface area contributed by atoms with Crippen LogP contribution < -0.4 is 5.32 Å². The van der Waals surface area contributed by atoms with Crippen molar-refractivity contribution in [2.75, 3.05) is 52.5 Å². The number of carboxylic acids is 2. The second-order valence-corrected chi connectivity index (χ2v) is 7.06. The quantitative estimate of drug-likeness (QED) is 0.547. The van der Waals surface area contributed by atoms with Crippen molar-refractivity contribution >= 4 is 11.9 Å². The number of ether oxygens (including phenoxy) is 2. The number of morpholine rings is 1. The molecule has 3 rings (SSSR count). The first-order chi connectivity index (χ1) is 13.8. The molecule has 0 bridgehead atoms. The van der Waals surface area contributed by atoms with Crippen molar-refractivity contribution < 1.29 is 55.6 Å². The van der Waals surface area contributed by atoms with Gasteiger partial charge in [-0.3, -0.25) is 4.90 Å². The molecule has 14 heteroatoms. The van der Waals surface area contributed by atoms with Crippen molar-refractivity contribution in [2.45, 2.75) is 31.3 Å². The Labute approximate surface area is 168 Å². The van der Waals surface area contributed by atoms with Crippen molar-refractivity contribution in [3.05, 3.63) is 0 Å². The van der Waals surface area contributed by atoms with Gasteiger partial charge in [0.25, 0.3) is 0 Å². The number of hydrogen-bond acceptors (Lipinski definition) is 6. The molecule has 30 heavy (non-hydrogen) atoms. The van der Waals surface area contributed by atoms with Gasteiger partial charge in [-0.25, -0.2) is 9.59 Å². The van der Waals surface area contributed by atoms with E-state index < -0.39 is 24.3 Å². The van der Waals surface area contributed by atoms with Gasteiger partial charge >= 0.3 is 24.3 Å². The summed E-state index contributed by atoms with van der Waals surface area (Å²) in [6, 6.07) is 0. The van der Waals surface area contributed by atoms with Crippen LogP contribution in [0.4, 0.5) is 26.3 Å². The first-order valence-electron chi connectivity index (χ1n) is 8.98. The van der Waals surface area contributed by atoms with Gasteiger partial charge in [-0.05, 0) is 12.8 Å². The van der Waals surface area contributed by atoms with E-state index in [4.69, 9.17) is 29.3 Å². The molecule has 8 nitrogen and oxygen atoms in total. The van der Waals surface area contributed by atoms with Crippen LogP contribution in [-0.4, -0.2) is 98.1 Å². The molecule has 3 N–H and O–H groups in total. The molecule has 3 aliphatic rings. The maximum absolute atomic E-state index is 10.6. The Kier molecular flexibility index (Phi) is 9.78. The molecule has 1 saturated carbocycles. The molecule has 3 fully saturated rings. The maximum atomic E-state index is 10.6. The number of hydrogen-bond donors (Lipinski definition) is 3. The molecule has 176 valence electrons. The summed E-state index contributed by atoms with van der Waals surface area (Å²) in [5.41, 5.74) is 0.642. The van der Waals surface area contributed by atoms with Crippen LogP contribution in [0, 0.1) is 5.41 Å². The molecule has 1 aliphatic carbocycles. The van der Waals surface area contributed by atoms with E-state index in [-0.39, 0.29) is 0 Å².